The van der Waals surface area contributed by atoms with E-state index in [2.05, 4.69) is 147 Å². The number of aromatic nitrogens is 4. The summed E-state index contributed by atoms with van der Waals surface area (Å²) in [4.78, 5) is 10.3. The summed E-state index contributed by atoms with van der Waals surface area (Å²) in [5.41, 5.74) is 10.7. The van der Waals surface area contributed by atoms with E-state index in [1.54, 1.807) is 0 Å². The number of rotatable bonds is 2. The van der Waals surface area contributed by atoms with E-state index >= 15 is 0 Å². The zero-order chi connectivity index (χ0) is 34.8. The van der Waals surface area contributed by atoms with E-state index in [1.807, 2.05) is 24.3 Å². The Morgan fingerprint density at radius 2 is 0.885 bits per heavy atom. The number of pyridine rings is 2. The van der Waals surface area contributed by atoms with Crippen molar-refractivity contribution in [2.24, 2.45) is 0 Å². The van der Waals surface area contributed by atoms with Crippen LogP contribution < -0.4 is 4.74 Å². The normalized spacial score (nSPS) is 12.7. The van der Waals surface area contributed by atoms with E-state index in [-0.39, 0.29) is 31.3 Å². The third-order valence-electron chi connectivity index (χ3n) is 10.4. The molecule has 10 aromatic rings. The van der Waals surface area contributed by atoms with Crippen molar-refractivity contribution in [1.82, 2.24) is 18.8 Å². The van der Waals surface area contributed by atoms with E-state index in [4.69, 9.17) is 14.7 Å². The first-order valence-corrected chi connectivity index (χ1v) is 17.6. The van der Waals surface area contributed by atoms with E-state index in [0.29, 0.717) is 11.5 Å². The van der Waals surface area contributed by atoms with E-state index < -0.39 is 0 Å². The Hall–Kier alpha value is -5.28. The van der Waals surface area contributed by atoms with Crippen LogP contribution in [0.25, 0.3) is 76.7 Å². The zero-order valence-corrected chi connectivity index (χ0v) is 31.5. The molecule has 0 atom stereocenters. The van der Waals surface area contributed by atoms with Gasteiger partial charge < -0.3 is 13.5 Å². The summed E-state index contributed by atoms with van der Waals surface area (Å²) in [7, 11) is 0. The first-order valence-electron chi connectivity index (χ1n) is 17.6. The molecule has 5 nitrogen and oxygen atoms in total. The number of benzene rings is 6. The van der Waals surface area contributed by atoms with Gasteiger partial charge >= 0.3 is 20.4 Å². The Morgan fingerprint density at radius 1 is 0.481 bits per heavy atom. The molecule has 10 rings (SSSR count). The molecule has 52 heavy (non-hydrogen) atoms. The molecule has 6 heteroatoms. The molecule has 256 valence electrons. The van der Waals surface area contributed by atoms with Gasteiger partial charge in [0.05, 0.1) is 33.4 Å². The molecule has 4 aromatic heterocycles. The predicted molar refractivity (Wildman–Crippen MR) is 211 cm³/mol. The molecule has 0 bridgehead atoms. The fourth-order valence-electron chi connectivity index (χ4n) is 7.69. The number of ether oxygens (including phenoxy) is 1. The molecule has 6 aromatic carbocycles. The number of para-hydroxylation sites is 4. The quantitative estimate of drug-likeness (QED) is 0.1000. The van der Waals surface area contributed by atoms with Crippen molar-refractivity contribution in [2.75, 3.05) is 0 Å². The van der Waals surface area contributed by atoms with Gasteiger partial charge in [0.2, 0.25) is 0 Å². The van der Waals surface area contributed by atoms with Crippen LogP contribution in [-0.4, -0.2) is 18.8 Å². The Balaban J connectivity index is 0.00000360. The summed E-state index contributed by atoms with van der Waals surface area (Å²) >= 11 is 0. The van der Waals surface area contributed by atoms with Gasteiger partial charge in [0.25, 0.3) is 0 Å². The first kappa shape index (κ1) is 32.6. The summed E-state index contributed by atoms with van der Waals surface area (Å²) in [5, 5.41) is 6.34. The van der Waals surface area contributed by atoms with Crippen LogP contribution in [0.4, 0.5) is 0 Å². The molecule has 0 radical (unpaired) electrons. The van der Waals surface area contributed by atoms with Gasteiger partial charge in [0, 0.05) is 22.5 Å². The fourth-order valence-corrected chi connectivity index (χ4v) is 7.69. The van der Waals surface area contributed by atoms with E-state index in [1.165, 1.54) is 11.1 Å². The van der Waals surface area contributed by atoms with Crippen molar-refractivity contribution in [3.8, 4) is 11.5 Å². The summed E-state index contributed by atoms with van der Waals surface area (Å²) < 4.78 is 11.2. The molecule has 0 aliphatic carbocycles. The van der Waals surface area contributed by atoms with Crippen molar-refractivity contribution >= 4 is 76.7 Å². The van der Waals surface area contributed by atoms with Gasteiger partial charge in [-0.25, -0.2) is 0 Å². The number of hydrogen-bond donors (Lipinski definition) is 0. The summed E-state index contributed by atoms with van der Waals surface area (Å²) in [6.45, 7) is 13.5. The van der Waals surface area contributed by atoms with Crippen LogP contribution >= 0.6 is 0 Å². The first-order chi connectivity index (χ1) is 24.5. The Kier molecular flexibility index (Phi) is 7.13. The topological polar surface area (TPSA) is 43.8 Å². The van der Waals surface area contributed by atoms with Crippen LogP contribution in [0.15, 0.2) is 109 Å². The van der Waals surface area contributed by atoms with Gasteiger partial charge in [-0.2, -0.15) is 0 Å². The van der Waals surface area contributed by atoms with Crippen LogP contribution in [0.2, 0.25) is 0 Å². The Labute approximate surface area is 315 Å². The van der Waals surface area contributed by atoms with E-state index in [9.17, 15) is 0 Å². The molecule has 0 fully saturated rings. The van der Waals surface area contributed by atoms with Gasteiger partial charge in [0.15, 0.2) is 0 Å². The fraction of sp³-hybridized carbons (Fsp3) is 0.174. The molecule has 4 heterocycles. The van der Waals surface area contributed by atoms with Crippen molar-refractivity contribution in [3.63, 3.8) is 0 Å². The maximum atomic E-state index is 6.61. The van der Waals surface area contributed by atoms with Crippen LogP contribution in [0.5, 0.6) is 11.5 Å². The van der Waals surface area contributed by atoms with Crippen molar-refractivity contribution in [2.45, 2.75) is 52.4 Å². The maximum Gasteiger partial charge on any atom is 2.00 e. The smallest absolute Gasteiger partial charge is 0.497 e. The SMILES string of the molecule is CC(C)(C)c1ccc2c3ccc(Oc4[c-]c5c(cc4)c4ccc(C(C)(C)C)cc4n4c6ccccc6nc54)[c-]c3c3nc4ccccc4n3c2c1.[Pd+2]. The minimum absolute atomic E-state index is 0. The van der Waals surface area contributed by atoms with Gasteiger partial charge in [-0.1, -0.05) is 136 Å². The number of hydrogen-bond acceptors (Lipinski definition) is 3. The number of fused-ring (bicyclic) bond motifs is 16. The molecule has 0 saturated carbocycles. The van der Waals surface area contributed by atoms with Crippen LogP contribution in [0.1, 0.15) is 52.7 Å². The Morgan fingerprint density at radius 3 is 1.31 bits per heavy atom. The number of nitrogens with zero attached hydrogens (tertiary/aromatic N) is 4. The second kappa shape index (κ2) is 11.4. The van der Waals surface area contributed by atoms with Gasteiger partial charge in [-0.15, -0.1) is 12.1 Å². The summed E-state index contributed by atoms with van der Waals surface area (Å²) in [6.07, 6.45) is 0. The molecule has 0 unspecified atom stereocenters. The van der Waals surface area contributed by atoms with Gasteiger partial charge in [0.1, 0.15) is 0 Å². The minimum atomic E-state index is 0. The van der Waals surface area contributed by atoms with Gasteiger partial charge in [-0.05, 0) is 69.1 Å². The second-order valence-corrected chi connectivity index (χ2v) is 15.8. The molecule has 0 saturated heterocycles. The summed E-state index contributed by atoms with van der Waals surface area (Å²) in [6, 6.07) is 45.8. The van der Waals surface area contributed by atoms with Gasteiger partial charge in [-0.3, -0.25) is 9.97 Å². The minimum Gasteiger partial charge on any atom is -0.497 e. The molecule has 0 amide bonds. The van der Waals surface area contributed by atoms with Crippen molar-refractivity contribution < 1.29 is 25.2 Å². The van der Waals surface area contributed by atoms with E-state index in [0.717, 1.165) is 76.7 Å². The maximum absolute atomic E-state index is 6.61. The third-order valence-corrected chi connectivity index (χ3v) is 10.4. The molecular weight excluding hydrogens is 731 g/mol. The molecule has 0 spiro atoms. The molecule has 0 aliphatic heterocycles. The molecule has 0 N–H and O–H groups in total. The third kappa shape index (κ3) is 4.85. The average molecular weight is 767 g/mol. The molecular formula is C46H36N4OPd. The van der Waals surface area contributed by atoms with Crippen LogP contribution in [0.3, 0.4) is 0 Å². The zero-order valence-electron chi connectivity index (χ0n) is 29.9. The summed E-state index contributed by atoms with van der Waals surface area (Å²) in [5.74, 6) is 1.22. The van der Waals surface area contributed by atoms with Crippen LogP contribution in [0, 0.1) is 12.1 Å². The predicted octanol–water partition coefficient (Wildman–Crippen LogP) is 11.9. The average Bonchev–Trinajstić information content (AvgIpc) is 3.71. The molecule has 0 aliphatic rings. The monoisotopic (exact) mass is 766 g/mol. The standard InChI is InChI=1S/C46H36N4O.Pd/c1-45(2,3)27-15-19-33-31-21-17-29(25-35(31)43-47-37-11-7-9-13-39(37)49(43)41(33)23-27)51-30-18-22-32-34-20-16-28(46(4,5)6)24-42(34)50-40-14-10-8-12-38(40)48-44(50)36(32)26-30;/h7-24H,1-6H3;/q-2;+2. The van der Waals surface area contributed by atoms with Crippen molar-refractivity contribution in [1.29, 1.82) is 0 Å². The second-order valence-electron chi connectivity index (χ2n) is 15.8. The largest absolute Gasteiger partial charge is 2.00 e. The van der Waals surface area contributed by atoms with Crippen LogP contribution in [-0.2, 0) is 31.3 Å². The number of imidazole rings is 2. The Bertz CT molecular complexity index is 2880. The van der Waals surface area contributed by atoms with Crippen molar-refractivity contribution in [3.05, 3.63) is 132 Å².